The summed E-state index contributed by atoms with van der Waals surface area (Å²) in [5.41, 5.74) is 2.22. The Labute approximate surface area is 203 Å². The molecule has 0 spiro atoms. The Bertz CT molecular complexity index is 1220. The van der Waals surface area contributed by atoms with Gasteiger partial charge in [-0.25, -0.2) is 9.18 Å². The molecule has 4 rings (SSSR count). The lowest BCUT2D eigenvalue weighted by Gasteiger charge is -2.27. The fourth-order valence-electron chi connectivity index (χ4n) is 4.14. The number of carbonyl (C=O) groups excluding carboxylic acids is 2. The molecule has 0 bridgehead atoms. The number of nitrogens with zero attached hydrogens (tertiary/aromatic N) is 1. The molecule has 178 valence electrons. The van der Waals surface area contributed by atoms with E-state index in [4.69, 9.17) is 16.3 Å². The maximum Gasteiger partial charge on any atom is 0.407 e. The quantitative estimate of drug-likeness (QED) is 0.480. The van der Waals surface area contributed by atoms with Crippen LogP contribution in [0.1, 0.15) is 43.7 Å². The summed E-state index contributed by atoms with van der Waals surface area (Å²) in [5.74, 6) is -0.656. The van der Waals surface area contributed by atoms with Crippen molar-refractivity contribution < 1.29 is 18.7 Å². The number of fused-ring (bicyclic) bond motifs is 1. The zero-order chi connectivity index (χ0) is 24.5. The predicted molar refractivity (Wildman–Crippen MR) is 130 cm³/mol. The lowest BCUT2D eigenvalue weighted by Crippen LogP contribution is -2.40. The van der Waals surface area contributed by atoms with E-state index in [1.807, 2.05) is 41.1 Å². The molecule has 2 heterocycles. The topological polar surface area (TPSA) is 72.4 Å². The number of hydrogen-bond donors (Lipinski definition) is 2. The van der Waals surface area contributed by atoms with Gasteiger partial charge in [0.25, 0.3) is 5.91 Å². The highest BCUT2D eigenvalue weighted by Gasteiger charge is 2.32. The molecule has 1 atom stereocenters. The van der Waals surface area contributed by atoms with E-state index < -0.39 is 17.5 Å². The average molecular weight is 484 g/mol. The largest absolute Gasteiger partial charge is 0.444 e. The summed E-state index contributed by atoms with van der Waals surface area (Å²) in [4.78, 5) is 25.1. The molecular weight excluding hydrogens is 457 g/mol. The molecule has 0 saturated heterocycles. The van der Waals surface area contributed by atoms with Crippen LogP contribution in [0.4, 0.5) is 9.18 Å². The summed E-state index contributed by atoms with van der Waals surface area (Å²) in [6, 6.07) is 13.7. The molecular formula is C26H27ClFN3O3. The Morgan fingerprint density at radius 1 is 1.21 bits per heavy atom. The van der Waals surface area contributed by atoms with Crippen molar-refractivity contribution in [3.63, 3.8) is 0 Å². The summed E-state index contributed by atoms with van der Waals surface area (Å²) in [5, 5.41) is 6.11. The Kier molecular flexibility index (Phi) is 6.66. The fourth-order valence-corrected chi connectivity index (χ4v) is 4.31. The highest BCUT2D eigenvalue weighted by atomic mass is 35.5. The molecule has 0 saturated carbocycles. The van der Waals surface area contributed by atoms with Gasteiger partial charge in [-0.1, -0.05) is 41.9 Å². The number of hydrogen-bond acceptors (Lipinski definition) is 3. The van der Waals surface area contributed by atoms with E-state index in [0.717, 1.165) is 5.56 Å². The number of benzene rings is 2. The molecule has 1 aliphatic rings. The van der Waals surface area contributed by atoms with E-state index in [0.29, 0.717) is 46.9 Å². The summed E-state index contributed by atoms with van der Waals surface area (Å²) in [6.45, 7) is 6.15. The highest BCUT2D eigenvalue weighted by molar-refractivity contribution is 6.30. The van der Waals surface area contributed by atoms with Crippen LogP contribution in [-0.2, 0) is 4.74 Å². The Morgan fingerprint density at radius 2 is 1.94 bits per heavy atom. The number of aromatic nitrogens is 1. The van der Waals surface area contributed by atoms with E-state index in [1.165, 1.54) is 12.1 Å². The Hall–Kier alpha value is -3.32. The first-order chi connectivity index (χ1) is 16.1. The van der Waals surface area contributed by atoms with E-state index in [1.54, 1.807) is 26.8 Å². The second kappa shape index (κ2) is 9.50. The third-order valence-corrected chi connectivity index (χ3v) is 5.80. The number of nitrogens with one attached hydrogen (secondary N) is 2. The van der Waals surface area contributed by atoms with Crippen LogP contribution in [0, 0.1) is 5.82 Å². The number of alkyl carbamates (subject to hydrolysis) is 1. The van der Waals surface area contributed by atoms with Gasteiger partial charge in [-0.05, 0) is 51.0 Å². The van der Waals surface area contributed by atoms with Gasteiger partial charge < -0.3 is 19.9 Å². The third kappa shape index (κ3) is 5.09. The minimum atomic E-state index is -0.586. The molecule has 0 radical (unpaired) electrons. The van der Waals surface area contributed by atoms with Crippen LogP contribution in [0.15, 0.2) is 54.7 Å². The molecule has 2 aromatic carbocycles. The first-order valence-corrected chi connectivity index (χ1v) is 11.5. The smallest absolute Gasteiger partial charge is 0.407 e. The molecule has 6 nitrogen and oxygen atoms in total. The van der Waals surface area contributed by atoms with Gasteiger partial charge in [-0.2, -0.15) is 0 Å². The first-order valence-electron chi connectivity index (χ1n) is 11.1. The molecule has 3 aromatic rings. The standard InChI is InChI=1S/C26H27ClFN3O3/c1-26(2,3)34-25(33)29-12-11-18-14-30-24(32)23-22(16-7-5-4-6-8-16)20(15-31(18)23)19-13-17(27)9-10-21(19)28/h4-10,13,15,18H,11-12,14H2,1-3H3,(H,29,33)(H,30,32). The van der Waals surface area contributed by atoms with E-state index in [2.05, 4.69) is 10.6 Å². The van der Waals surface area contributed by atoms with Crippen molar-refractivity contribution in [2.75, 3.05) is 13.1 Å². The highest BCUT2D eigenvalue weighted by Crippen LogP contribution is 2.41. The second-order valence-electron chi connectivity index (χ2n) is 9.25. The van der Waals surface area contributed by atoms with Gasteiger partial charge in [0, 0.05) is 41.0 Å². The number of amides is 2. The van der Waals surface area contributed by atoms with Crippen molar-refractivity contribution in [2.24, 2.45) is 0 Å². The van der Waals surface area contributed by atoms with E-state index in [9.17, 15) is 14.0 Å². The van der Waals surface area contributed by atoms with Crippen molar-refractivity contribution >= 4 is 23.6 Å². The van der Waals surface area contributed by atoms with Crippen LogP contribution in [-0.4, -0.2) is 35.3 Å². The van der Waals surface area contributed by atoms with Gasteiger partial charge in [0.2, 0.25) is 0 Å². The van der Waals surface area contributed by atoms with E-state index in [-0.39, 0.29) is 11.9 Å². The molecule has 0 aliphatic carbocycles. The average Bonchev–Trinajstić information content (AvgIpc) is 3.18. The second-order valence-corrected chi connectivity index (χ2v) is 9.68. The van der Waals surface area contributed by atoms with Crippen molar-refractivity contribution in [3.05, 3.63) is 71.3 Å². The van der Waals surface area contributed by atoms with Gasteiger partial charge in [0.1, 0.15) is 17.1 Å². The molecule has 1 aliphatic heterocycles. The zero-order valence-electron chi connectivity index (χ0n) is 19.3. The van der Waals surface area contributed by atoms with Gasteiger partial charge in [-0.3, -0.25) is 4.79 Å². The van der Waals surface area contributed by atoms with Crippen LogP contribution in [0.5, 0.6) is 0 Å². The van der Waals surface area contributed by atoms with Gasteiger partial charge >= 0.3 is 6.09 Å². The zero-order valence-corrected chi connectivity index (χ0v) is 20.1. The SMILES string of the molecule is CC(C)(C)OC(=O)NCCC1CNC(=O)c2c(-c3ccccc3)c(-c3cc(Cl)ccc3F)cn21. The summed E-state index contributed by atoms with van der Waals surface area (Å²) >= 11 is 6.19. The molecule has 1 unspecified atom stereocenters. The fraction of sp³-hybridized carbons (Fsp3) is 0.308. The predicted octanol–water partition coefficient (Wildman–Crippen LogP) is 5.81. The van der Waals surface area contributed by atoms with Crippen LogP contribution in [0.2, 0.25) is 5.02 Å². The maximum atomic E-state index is 14.9. The summed E-state index contributed by atoms with van der Waals surface area (Å²) < 4.78 is 22.1. The minimum absolute atomic E-state index is 0.138. The third-order valence-electron chi connectivity index (χ3n) is 5.57. The summed E-state index contributed by atoms with van der Waals surface area (Å²) in [7, 11) is 0. The lowest BCUT2D eigenvalue weighted by atomic mass is 9.96. The molecule has 1 aromatic heterocycles. The number of ether oxygens (including phenoxy) is 1. The number of rotatable bonds is 5. The van der Waals surface area contributed by atoms with Crippen LogP contribution in [0.25, 0.3) is 22.3 Å². The van der Waals surface area contributed by atoms with E-state index >= 15 is 0 Å². The van der Waals surface area contributed by atoms with Crippen LogP contribution in [0.3, 0.4) is 0 Å². The number of carbonyl (C=O) groups is 2. The molecule has 0 fully saturated rings. The minimum Gasteiger partial charge on any atom is -0.444 e. The maximum absolute atomic E-state index is 14.9. The monoisotopic (exact) mass is 483 g/mol. The normalized spacial score (nSPS) is 15.4. The molecule has 34 heavy (non-hydrogen) atoms. The number of halogens is 2. The van der Waals surface area contributed by atoms with Crippen LogP contribution < -0.4 is 10.6 Å². The van der Waals surface area contributed by atoms with Crippen molar-refractivity contribution in [1.29, 1.82) is 0 Å². The Balaban J connectivity index is 1.72. The lowest BCUT2D eigenvalue weighted by molar-refractivity contribution is 0.0523. The molecule has 8 heteroatoms. The Morgan fingerprint density at radius 3 is 2.65 bits per heavy atom. The van der Waals surface area contributed by atoms with Gasteiger partial charge in [0.05, 0.1) is 6.04 Å². The van der Waals surface area contributed by atoms with Crippen molar-refractivity contribution in [2.45, 2.75) is 38.8 Å². The van der Waals surface area contributed by atoms with Gasteiger partial charge in [-0.15, -0.1) is 0 Å². The van der Waals surface area contributed by atoms with Crippen molar-refractivity contribution in [1.82, 2.24) is 15.2 Å². The molecule has 2 N–H and O–H groups in total. The molecule has 2 amide bonds. The van der Waals surface area contributed by atoms with Crippen molar-refractivity contribution in [3.8, 4) is 22.3 Å². The summed E-state index contributed by atoms with van der Waals surface area (Å²) in [6.07, 6.45) is 1.86. The van der Waals surface area contributed by atoms with Gasteiger partial charge in [0.15, 0.2) is 0 Å². The van der Waals surface area contributed by atoms with Crippen LogP contribution >= 0.6 is 11.6 Å². The first kappa shape index (κ1) is 23.8.